The molecule has 0 amide bonds. The predicted octanol–water partition coefficient (Wildman–Crippen LogP) is 2.80. The molecule has 1 heterocycles. The smallest absolute Gasteiger partial charge is 0.127 e. The zero-order valence-electron chi connectivity index (χ0n) is 11.0. The van der Waals surface area contributed by atoms with Crippen LogP contribution in [0, 0.1) is 5.41 Å². The van der Waals surface area contributed by atoms with E-state index in [2.05, 4.69) is 32.7 Å². The lowest BCUT2D eigenvalue weighted by Crippen LogP contribution is -2.33. The Morgan fingerprint density at radius 3 is 2.76 bits per heavy atom. The van der Waals surface area contributed by atoms with E-state index < -0.39 is 0 Å². The maximum absolute atomic E-state index is 9.41. The van der Waals surface area contributed by atoms with Crippen LogP contribution in [-0.2, 0) is 0 Å². The molecule has 0 spiro atoms. The van der Waals surface area contributed by atoms with Gasteiger partial charge in [-0.15, -0.1) is 0 Å². The number of rotatable bonds is 2. The number of nitrogens with zero attached hydrogens (tertiary/aromatic N) is 1. The van der Waals surface area contributed by atoms with Crippen LogP contribution in [0.15, 0.2) is 18.2 Å². The largest absolute Gasteiger partial charge is 0.508 e. The summed E-state index contributed by atoms with van der Waals surface area (Å²) < 4.78 is 5.63. The number of ether oxygens (including phenoxy) is 1. The van der Waals surface area contributed by atoms with E-state index in [4.69, 9.17) is 4.74 Å². The molecule has 17 heavy (non-hydrogen) atoms. The quantitative estimate of drug-likeness (QED) is 0.855. The lowest BCUT2D eigenvalue weighted by molar-refractivity contribution is 0.148. The van der Waals surface area contributed by atoms with Gasteiger partial charge in [-0.2, -0.15) is 0 Å². The Balaban J connectivity index is 2.16. The average Bonchev–Trinajstić information content (AvgIpc) is 2.57. The van der Waals surface area contributed by atoms with E-state index in [0.29, 0.717) is 12.6 Å². The summed E-state index contributed by atoms with van der Waals surface area (Å²) in [5.74, 6) is 1.08. The van der Waals surface area contributed by atoms with E-state index in [0.717, 1.165) is 12.3 Å². The third-order valence-corrected chi connectivity index (χ3v) is 3.01. The summed E-state index contributed by atoms with van der Waals surface area (Å²) >= 11 is 0. The molecule has 94 valence electrons. The van der Waals surface area contributed by atoms with E-state index in [-0.39, 0.29) is 11.2 Å². The summed E-state index contributed by atoms with van der Waals surface area (Å²) in [6, 6.07) is 5.68. The Bertz CT molecular complexity index is 409. The van der Waals surface area contributed by atoms with Crippen LogP contribution < -0.4 is 4.74 Å². The summed E-state index contributed by atoms with van der Waals surface area (Å²) in [6.07, 6.45) is 0. The van der Waals surface area contributed by atoms with E-state index in [1.165, 1.54) is 5.56 Å². The monoisotopic (exact) mass is 235 g/mol. The standard InChI is InChI=1S/C14H21NO2/c1-14(2,3)9-15(4)12-8-17-13-7-10(16)5-6-11(12)13/h5-7,12,16H,8-9H2,1-4H3. The van der Waals surface area contributed by atoms with E-state index in [1.807, 2.05) is 6.07 Å². The molecule has 0 radical (unpaired) electrons. The molecule has 0 saturated heterocycles. The lowest BCUT2D eigenvalue weighted by Gasteiger charge is -2.30. The molecule has 1 aromatic rings. The van der Waals surface area contributed by atoms with Crippen LogP contribution >= 0.6 is 0 Å². The van der Waals surface area contributed by atoms with Crippen LogP contribution in [-0.4, -0.2) is 30.2 Å². The van der Waals surface area contributed by atoms with Crippen molar-refractivity contribution < 1.29 is 9.84 Å². The molecule has 0 fully saturated rings. The maximum Gasteiger partial charge on any atom is 0.127 e. The van der Waals surface area contributed by atoms with Crippen molar-refractivity contribution in [3.63, 3.8) is 0 Å². The first-order valence-corrected chi connectivity index (χ1v) is 6.03. The number of benzene rings is 1. The van der Waals surface area contributed by atoms with Gasteiger partial charge in [-0.25, -0.2) is 0 Å². The van der Waals surface area contributed by atoms with Crippen molar-refractivity contribution >= 4 is 0 Å². The molecule has 1 N–H and O–H groups in total. The maximum atomic E-state index is 9.41. The van der Waals surface area contributed by atoms with Gasteiger partial charge in [0.15, 0.2) is 0 Å². The number of phenolic OH excluding ortho intramolecular Hbond substituents is 1. The van der Waals surface area contributed by atoms with Crippen molar-refractivity contribution in [1.82, 2.24) is 4.90 Å². The molecular weight excluding hydrogens is 214 g/mol. The van der Waals surface area contributed by atoms with Crippen molar-refractivity contribution in [3.05, 3.63) is 23.8 Å². The Morgan fingerprint density at radius 1 is 1.41 bits per heavy atom. The molecule has 3 nitrogen and oxygen atoms in total. The Morgan fingerprint density at radius 2 is 2.12 bits per heavy atom. The highest BCUT2D eigenvalue weighted by molar-refractivity contribution is 5.44. The third-order valence-electron chi connectivity index (χ3n) is 3.01. The zero-order valence-corrected chi connectivity index (χ0v) is 11.0. The number of likely N-dealkylation sites (N-methyl/N-ethyl adjacent to an activating group) is 1. The minimum absolute atomic E-state index is 0.267. The van der Waals surface area contributed by atoms with Crippen LogP contribution in [0.3, 0.4) is 0 Å². The fourth-order valence-electron chi connectivity index (χ4n) is 2.40. The van der Waals surface area contributed by atoms with Gasteiger partial charge < -0.3 is 9.84 Å². The number of aromatic hydroxyl groups is 1. The molecule has 1 aromatic carbocycles. The average molecular weight is 235 g/mol. The predicted molar refractivity (Wildman–Crippen MR) is 68.4 cm³/mol. The van der Waals surface area contributed by atoms with Gasteiger partial charge in [0.05, 0.1) is 6.04 Å². The van der Waals surface area contributed by atoms with Crippen LogP contribution in [0.5, 0.6) is 11.5 Å². The molecule has 1 aliphatic rings. The second kappa shape index (κ2) is 4.22. The molecule has 1 atom stereocenters. The fraction of sp³-hybridized carbons (Fsp3) is 0.571. The molecule has 0 bridgehead atoms. The highest BCUT2D eigenvalue weighted by atomic mass is 16.5. The van der Waals surface area contributed by atoms with Crippen molar-refractivity contribution in [2.45, 2.75) is 26.8 Å². The highest BCUT2D eigenvalue weighted by Crippen LogP contribution is 2.38. The van der Waals surface area contributed by atoms with Crippen LogP contribution in [0.4, 0.5) is 0 Å². The van der Waals surface area contributed by atoms with Gasteiger partial charge in [-0.3, -0.25) is 4.90 Å². The molecule has 1 aliphatic heterocycles. The van der Waals surface area contributed by atoms with Crippen molar-refractivity contribution in [2.75, 3.05) is 20.2 Å². The van der Waals surface area contributed by atoms with E-state index >= 15 is 0 Å². The summed E-state index contributed by atoms with van der Waals surface area (Å²) in [5.41, 5.74) is 1.45. The van der Waals surface area contributed by atoms with Crippen molar-refractivity contribution in [3.8, 4) is 11.5 Å². The minimum atomic E-state index is 0.267. The van der Waals surface area contributed by atoms with Gasteiger partial charge in [0, 0.05) is 18.2 Å². The number of hydrogen-bond acceptors (Lipinski definition) is 3. The Hall–Kier alpha value is -1.22. The fourth-order valence-corrected chi connectivity index (χ4v) is 2.40. The number of fused-ring (bicyclic) bond motifs is 1. The van der Waals surface area contributed by atoms with Crippen molar-refractivity contribution in [1.29, 1.82) is 0 Å². The van der Waals surface area contributed by atoms with Crippen molar-refractivity contribution in [2.24, 2.45) is 5.41 Å². The Kier molecular flexibility index (Phi) is 3.04. The number of phenols is 1. The molecule has 0 aliphatic carbocycles. The van der Waals surface area contributed by atoms with Gasteiger partial charge in [0.25, 0.3) is 0 Å². The zero-order chi connectivity index (χ0) is 12.6. The lowest BCUT2D eigenvalue weighted by atomic mass is 9.95. The summed E-state index contributed by atoms with van der Waals surface area (Å²) in [4.78, 5) is 2.32. The summed E-state index contributed by atoms with van der Waals surface area (Å²) in [6.45, 7) is 8.39. The van der Waals surface area contributed by atoms with Gasteiger partial charge in [0.2, 0.25) is 0 Å². The summed E-state index contributed by atoms with van der Waals surface area (Å²) in [7, 11) is 2.13. The van der Waals surface area contributed by atoms with Gasteiger partial charge in [0.1, 0.15) is 18.1 Å². The van der Waals surface area contributed by atoms with Gasteiger partial charge in [-0.05, 0) is 24.6 Å². The van der Waals surface area contributed by atoms with Gasteiger partial charge in [-0.1, -0.05) is 20.8 Å². The van der Waals surface area contributed by atoms with E-state index in [1.54, 1.807) is 12.1 Å². The first kappa shape index (κ1) is 12.2. The molecule has 0 saturated carbocycles. The summed E-state index contributed by atoms with van der Waals surface area (Å²) in [5, 5.41) is 9.41. The minimum Gasteiger partial charge on any atom is -0.508 e. The highest BCUT2D eigenvalue weighted by Gasteiger charge is 2.29. The molecule has 3 heteroatoms. The second-order valence-electron chi connectivity index (χ2n) is 6.02. The van der Waals surface area contributed by atoms with Gasteiger partial charge >= 0.3 is 0 Å². The molecule has 2 rings (SSSR count). The topological polar surface area (TPSA) is 32.7 Å². The molecule has 1 unspecified atom stereocenters. The normalized spacial score (nSPS) is 19.2. The first-order valence-electron chi connectivity index (χ1n) is 6.03. The molecular formula is C14H21NO2. The molecule has 0 aromatic heterocycles. The van der Waals surface area contributed by atoms with Crippen LogP contribution in [0.2, 0.25) is 0 Å². The van der Waals surface area contributed by atoms with Crippen LogP contribution in [0.1, 0.15) is 32.4 Å². The van der Waals surface area contributed by atoms with Crippen LogP contribution in [0.25, 0.3) is 0 Å². The first-order chi connectivity index (χ1) is 7.87. The SMILES string of the molecule is CN(CC(C)(C)C)C1COc2cc(O)ccc21. The third kappa shape index (κ3) is 2.72. The Labute approximate surface area is 103 Å². The van der Waals surface area contributed by atoms with E-state index in [9.17, 15) is 5.11 Å². The second-order valence-corrected chi connectivity index (χ2v) is 6.02. The number of hydrogen-bond donors (Lipinski definition) is 1.